The van der Waals surface area contributed by atoms with E-state index in [4.69, 9.17) is 11.6 Å². The van der Waals surface area contributed by atoms with Crippen LogP contribution in [0, 0.1) is 17.0 Å². The standard InChI is InChI=1S/C18H13N3O4.C7H8ClN/c1-11-6-7-14(21(24)25)9-16(11)19-20-17-15-5-3-2-4-12(15)8-13(10-22)18(17)23;1-9-7-4-2-6(8)3-5-7/h2-10,23H,1H3;2-5,9H,1H3. The lowest BCUT2D eigenvalue weighted by molar-refractivity contribution is -0.384. The zero-order valence-corrected chi connectivity index (χ0v) is 19.2. The minimum atomic E-state index is -0.516. The number of azo groups is 1. The molecule has 172 valence electrons. The summed E-state index contributed by atoms with van der Waals surface area (Å²) in [6.07, 6.45) is 0.541. The molecule has 4 rings (SSSR count). The summed E-state index contributed by atoms with van der Waals surface area (Å²) in [6.45, 7) is 1.75. The molecule has 0 spiro atoms. The smallest absolute Gasteiger partial charge is 0.271 e. The molecular weight excluding hydrogens is 456 g/mol. The van der Waals surface area contributed by atoms with Crippen LogP contribution in [-0.4, -0.2) is 23.4 Å². The van der Waals surface area contributed by atoms with Gasteiger partial charge >= 0.3 is 0 Å². The molecule has 0 aliphatic carbocycles. The molecule has 0 saturated carbocycles. The zero-order chi connectivity index (χ0) is 24.7. The quantitative estimate of drug-likeness (QED) is 0.135. The Morgan fingerprint density at radius 2 is 1.74 bits per heavy atom. The molecule has 2 N–H and O–H groups in total. The van der Waals surface area contributed by atoms with Crippen LogP contribution in [0.2, 0.25) is 5.02 Å². The van der Waals surface area contributed by atoms with Crippen molar-refractivity contribution in [3.8, 4) is 5.75 Å². The van der Waals surface area contributed by atoms with Gasteiger partial charge in [-0.25, -0.2) is 0 Å². The number of carbonyl (C=O) groups is 1. The van der Waals surface area contributed by atoms with E-state index >= 15 is 0 Å². The Morgan fingerprint density at radius 3 is 2.38 bits per heavy atom. The molecule has 34 heavy (non-hydrogen) atoms. The first-order chi connectivity index (χ1) is 16.3. The molecule has 0 saturated heterocycles. The SMILES string of the molecule is CNc1ccc(Cl)cc1.Cc1ccc([N+](=O)[O-])cc1N=Nc1c(O)c(C=O)cc2ccccc12. The highest BCUT2D eigenvalue weighted by Crippen LogP contribution is 2.39. The maximum Gasteiger partial charge on any atom is 0.271 e. The number of phenols is 1. The second-order valence-electron chi connectivity index (χ2n) is 7.19. The number of aldehydes is 1. The Hall–Kier alpha value is -4.30. The number of phenolic OH excluding ortho intramolecular Hbond substituents is 1. The van der Waals surface area contributed by atoms with Crippen LogP contribution in [0.1, 0.15) is 15.9 Å². The lowest BCUT2D eigenvalue weighted by Gasteiger charge is -2.07. The van der Waals surface area contributed by atoms with Crippen LogP contribution < -0.4 is 5.32 Å². The number of halogens is 1. The monoisotopic (exact) mass is 476 g/mol. The summed E-state index contributed by atoms with van der Waals surface area (Å²) in [6, 6.07) is 20.5. The normalized spacial score (nSPS) is 10.6. The average molecular weight is 477 g/mol. The molecule has 4 aromatic rings. The van der Waals surface area contributed by atoms with Crippen molar-refractivity contribution in [2.75, 3.05) is 12.4 Å². The van der Waals surface area contributed by atoms with E-state index in [1.54, 1.807) is 43.3 Å². The number of fused-ring (bicyclic) bond motifs is 1. The van der Waals surface area contributed by atoms with Gasteiger partial charge in [0, 0.05) is 35.3 Å². The van der Waals surface area contributed by atoms with Crippen LogP contribution >= 0.6 is 11.6 Å². The lowest BCUT2D eigenvalue weighted by atomic mass is 10.0. The first-order valence-electron chi connectivity index (χ1n) is 10.1. The van der Waals surface area contributed by atoms with Gasteiger partial charge in [-0.05, 0) is 48.2 Å². The van der Waals surface area contributed by atoms with Crippen molar-refractivity contribution in [3.63, 3.8) is 0 Å². The van der Waals surface area contributed by atoms with Crippen LogP contribution in [0.4, 0.5) is 22.7 Å². The van der Waals surface area contributed by atoms with Gasteiger partial charge in [0.1, 0.15) is 5.69 Å². The number of nitro groups is 1. The van der Waals surface area contributed by atoms with Crippen LogP contribution in [0.25, 0.3) is 10.8 Å². The van der Waals surface area contributed by atoms with Crippen LogP contribution in [0.3, 0.4) is 0 Å². The van der Waals surface area contributed by atoms with Crippen molar-refractivity contribution in [2.45, 2.75) is 6.92 Å². The lowest BCUT2D eigenvalue weighted by Crippen LogP contribution is -1.87. The first kappa shape index (κ1) is 24.3. The topological polar surface area (TPSA) is 117 Å². The Morgan fingerprint density at radius 1 is 1.03 bits per heavy atom. The van der Waals surface area contributed by atoms with Gasteiger partial charge < -0.3 is 10.4 Å². The minimum absolute atomic E-state index is 0.100. The highest BCUT2D eigenvalue weighted by atomic mass is 35.5. The number of benzene rings is 4. The number of anilines is 1. The third kappa shape index (κ3) is 5.73. The number of nitro benzene ring substituents is 1. The summed E-state index contributed by atoms with van der Waals surface area (Å²) in [5.74, 6) is -0.277. The summed E-state index contributed by atoms with van der Waals surface area (Å²) in [5, 5.41) is 34.4. The fourth-order valence-electron chi connectivity index (χ4n) is 3.07. The van der Waals surface area contributed by atoms with E-state index in [-0.39, 0.29) is 22.7 Å². The third-order valence-corrected chi connectivity index (χ3v) is 5.20. The van der Waals surface area contributed by atoms with E-state index in [2.05, 4.69) is 15.5 Å². The number of hydrogen-bond donors (Lipinski definition) is 2. The summed E-state index contributed by atoms with van der Waals surface area (Å²) < 4.78 is 0. The van der Waals surface area contributed by atoms with E-state index in [0.29, 0.717) is 22.9 Å². The Balaban J connectivity index is 0.000000302. The highest BCUT2D eigenvalue weighted by molar-refractivity contribution is 6.30. The molecule has 0 aromatic heterocycles. The first-order valence-corrected chi connectivity index (χ1v) is 10.5. The van der Waals surface area contributed by atoms with Crippen LogP contribution in [-0.2, 0) is 0 Å². The molecule has 4 aromatic carbocycles. The van der Waals surface area contributed by atoms with Gasteiger partial charge in [-0.1, -0.05) is 41.9 Å². The highest BCUT2D eigenvalue weighted by Gasteiger charge is 2.13. The van der Waals surface area contributed by atoms with Gasteiger partial charge in [-0.15, -0.1) is 10.2 Å². The minimum Gasteiger partial charge on any atom is -0.505 e. The van der Waals surface area contributed by atoms with Gasteiger partial charge in [0.15, 0.2) is 12.0 Å². The third-order valence-electron chi connectivity index (χ3n) is 4.95. The van der Waals surface area contributed by atoms with Gasteiger partial charge in [0.2, 0.25) is 0 Å². The fourth-order valence-corrected chi connectivity index (χ4v) is 3.20. The molecule has 0 aliphatic rings. The van der Waals surface area contributed by atoms with Crippen molar-refractivity contribution < 1.29 is 14.8 Å². The van der Waals surface area contributed by atoms with Crippen molar-refractivity contribution in [2.24, 2.45) is 10.2 Å². The summed E-state index contributed by atoms with van der Waals surface area (Å²) >= 11 is 5.64. The number of carbonyl (C=O) groups excluding carboxylic acids is 1. The van der Waals surface area contributed by atoms with Crippen molar-refractivity contribution in [3.05, 3.63) is 99.1 Å². The molecule has 0 atom stereocenters. The molecular formula is C25H21ClN4O4. The summed E-state index contributed by atoms with van der Waals surface area (Å²) in [7, 11) is 1.88. The van der Waals surface area contributed by atoms with Crippen LogP contribution in [0.15, 0.2) is 83.0 Å². The van der Waals surface area contributed by atoms with Crippen LogP contribution in [0.5, 0.6) is 5.75 Å². The molecule has 9 heteroatoms. The molecule has 0 amide bonds. The van der Waals surface area contributed by atoms with E-state index in [1.165, 1.54) is 12.1 Å². The summed E-state index contributed by atoms with van der Waals surface area (Å²) in [5.41, 5.74) is 2.24. The number of hydrogen-bond acceptors (Lipinski definition) is 7. The second kappa shape index (κ2) is 11.0. The Kier molecular flexibility index (Phi) is 7.89. The fraction of sp³-hybridized carbons (Fsp3) is 0.0800. The van der Waals surface area contributed by atoms with Gasteiger partial charge in [-0.2, -0.15) is 0 Å². The van der Waals surface area contributed by atoms with Crippen molar-refractivity contribution >= 4 is 51.4 Å². The maximum absolute atomic E-state index is 11.2. The Labute approximate surface area is 200 Å². The molecule has 0 unspecified atom stereocenters. The molecule has 0 aliphatic heterocycles. The second-order valence-corrected chi connectivity index (χ2v) is 7.62. The molecule has 0 heterocycles. The van der Waals surface area contributed by atoms with Crippen molar-refractivity contribution in [1.82, 2.24) is 0 Å². The predicted octanol–water partition coefficient (Wildman–Crippen LogP) is 7.37. The number of rotatable bonds is 5. The zero-order valence-electron chi connectivity index (χ0n) is 18.4. The molecule has 8 nitrogen and oxygen atoms in total. The average Bonchev–Trinajstić information content (AvgIpc) is 2.85. The predicted molar refractivity (Wildman–Crippen MR) is 134 cm³/mol. The van der Waals surface area contributed by atoms with Gasteiger partial charge in [0.25, 0.3) is 5.69 Å². The molecule has 0 radical (unpaired) electrons. The summed E-state index contributed by atoms with van der Waals surface area (Å²) in [4.78, 5) is 21.6. The van der Waals surface area contributed by atoms with E-state index in [9.17, 15) is 20.0 Å². The number of aryl methyl sites for hydroxylation is 1. The number of aromatic hydroxyl groups is 1. The maximum atomic E-state index is 11.2. The van der Waals surface area contributed by atoms with Crippen molar-refractivity contribution in [1.29, 1.82) is 0 Å². The Bertz CT molecular complexity index is 1370. The number of non-ortho nitro benzene ring substituents is 1. The number of nitrogens with one attached hydrogen (secondary N) is 1. The number of nitrogens with zero attached hydrogens (tertiary/aromatic N) is 3. The molecule has 0 bridgehead atoms. The largest absolute Gasteiger partial charge is 0.505 e. The van der Waals surface area contributed by atoms with E-state index < -0.39 is 4.92 Å². The van der Waals surface area contributed by atoms with E-state index in [1.807, 2.05) is 31.3 Å². The van der Waals surface area contributed by atoms with Gasteiger partial charge in [0.05, 0.1) is 16.2 Å². The van der Waals surface area contributed by atoms with Gasteiger partial charge in [-0.3, -0.25) is 14.9 Å². The van der Waals surface area contributed by atoms with E-state index in [0.717, 1.165) is 16.1 Å². The molecule has 0 fully saturated rings.